The summed E-state index contributed by atoms with van der Waals surface area (Å²) < 4.78 is 20.4. The Hall–Kier alpha value is -1.37. The van der Waals surface area contributed by atoms with Crippen LogP contribution < -0.4 is 0 Å². The number of hydrogen-bond acceptors (Lipinski definition) is 4. The van der Waals surface area contributed by atoms with Gasteiger partial charge in [-0.25, -0.2) is 9.98 Å². The van der Waals surface area contributed by atoms with Gasteiger partial charge in [-0.1, -0.05) is 0 Å². The van der Waals surface area contributed by atoms with Crippen LogP contribution in [0.3, 0.4) is 0 Å². The minimum atomic E-state index is -2.42. The Labute approximate surface area is 74.4 Å². The van der Waals surface area contributed by atoms with Crippen LogP contribution in [0, 0.1) is 0 Å². The van der Waals surface area contributed by atoms with Crippen molar-refractivity contribution in [1.29, 1.82) is 0 Å². The Kier molecular flexibility index (Phi) is 3.98. The second kappa shape index (κ2) is 4.50. The second-order valence-corrected chi connectivity index (χ2v) is 2.32. The first-order chi connectivity index (χ1) is 5.24. The highest BCUT2D eigenvalue weighted by atomic mass is 35.5. The predicted octanol–water partition coefficient (Wildman–Crippen LogP) is 0.168. The van der Waals surface area contributed by atoms with Crippen LogP contribution in [-0.4, -0.2) is 25.6 Å². The van der Waals surface area contributed by atoms with Crippen LogP contribution in [0.1, 0.15) is 0 Å². The minimum Gasteiger partial charge on any atom is -0.232 e. The molecule has 0 unspecified atom stereocenters. The van der Waals surface area contributed by atoms with E-state index < -0.39 is 10.3 Å². The molecule has 1 aliphatic heterocycles. The van der Waals surface area contributed by atoms with E-state index in [1.807, 2.05) is 0 Å². The quantitative estimate of drug-likeness (QED) is 0.244. The van der Waals surface area contributed by atoms with Crippen molar-refractivity contribution < 1.29 is 8.42 Å². The van der Waals surface area contributed by atoms with Crippen molar-refractivity contribution >= 4 is 39.9 Å². The summed E-state index contributed by atoms with van der Waals surface area (Å²) in [5, 5.41) is 2.99. The van der Waals surface area contributed by atoms with E-state index in [-0.39, 0.29) is 23.4 Å². The molecule has 1 rings (SSSR count). The number of azide groups is 1. The number of aliphatic imine (C=N–C) groups is 2. The molecule has 0 saturated heterocycles. The normalized spacial score (nSPS) is 13.0. The summed E-state index contributed by atoms with van der Waals surface area (Å²) in [6.07, 6.45) is 1.01. The fraction of sp³-hybridized carbons (Fsp3) is 0. The average Bonchev–Trinajstić information content (AvgIpc) is 2.37. The molecule has 0 saturated carbocycles. The third-order valence-corrected chi connectivity index (χ3v) is 1.34. The van der Waals surface area contributed by atoms with Crippen LogP contribution in [0.4, 0.5) is 0 Å². The van der Waals surface area contributed by atoms with E-state index in [4.69, 9.17) is 5.53 Å². The van der Waals surface area contributed by atoms with Crippen molar-refractivity contribution in [1.82, 2.24) is 0 Å². The summed E-state index contributed by atoms with van der Waals surface area (Å²) in [5.74, 6) is -0.188. The highest BCUT2D eigenvalue weighted by Crippen LogP contribution is 1.92. The summed E-state index contributed by atoms with van der Waals surface area (Å²) in [5.41, 5.74) is 7.89. The molecule has 0 aliphatic carbocycles. The summed E-state index contributed by atoms with van der Waals surface area (Å²) >= 11 is 0. The summed E-state index contributed by atoms with van der Waals surface area (Å²) in [7, 11) is -2.42. The number of nitrogens with zero attached hydrogens (tertiary/aromatic N) is 5. The van der Waals surface area contributed by atoms with Crippen LogP contribution in [0.5, 0.6) is 0 Å². The fourth-order valence-corrected chi connectivity index (χ4v) is 0.733. The largest absolute Gasteiger partial charge is 0.241 e. The zero-order valence-electron chi connectivity index (χ0n) is 5.45. The molecule has 0 aromatic rings. The maximum atomic E-state index is 10.2. The Balaban J connectivity index is 0.00000121. The van der Waals surface area contributed by atoms with Gasteiger partial charge in [0.1, 0.15) is 0 Å². The van der Waals surface area contributed by atoms with E-state index in [1.54, 1.807) is 0 Å². The highest BCUT2D eigenvalue weighted by Gasteiger charge is 2.04. The van der Waals surface area contributed by atoms with Crippen molar-refractivity contribution in [2.75, 3.05) is 0 Å². The van der Waals surface area contributed by atoms with Crippen molar-refractivity contribution in [3.05, 3.63) is 10.4 Å². The smallest absolute Gasteiger partial charge is 0.232 e. The third-order valence-electron chi connectivity index (χ3n) is 0.806. The van der Waals surface area contributed by atoms with Gasteiger partial charge in [-0.05, 0) is 10.6 Å². The van der Waals surface area contributed by atoms with Crippen LogP contribution in [0.25, 0.3) is 10.4 Å². The van der Waals surface area contributed by atoms with E-state index in [0.29, 0.717) is 0 Å². The Morgan fingerprint density at radius 3 is 2.67 bits per heavy atom. The monoisotopic (exact) mass is 207 g/mol. The molecule has 12 heavy (non-hydrogen) atoms. The number of halogens is 1. The first-order valence-corrected chi connectivity index (χ1v) is 3.45. The lowest BCUT2D eigenvalue weighted by molar-refractivity contribution is 0.627. The Morgan fingerprint density at radius 2 is 2.25 bits per heavy atom. The maximum Gasteiger partial charge on any atom is 0.241 e. The van der Waals surface area contributed by atoms with Gasteiger partial charge in [0.15, 0.2) is 0 Å². The topological polar surface area (TPSA) is 108 Å². The number of rotatable bonds is 0. The van der Waals surface area contributed by atoms with Gasteiger partial charge >= 0.3 is 0 Å². The molecule has 0 atom stereocenters. The molecule has 0 radical (unpaired) electrons. The second-order valence-electron chi connectivity index (χ2n) is 1.43. The average molecular weight is 208 g/mol. The Morgan fingerprint density at radius 1 is 1.58 bits per heavy atom. The van der Waals surface area contributed by atoms with Gasteiger partial charge in [0.2, 0.25) is 21.2 Å². The van der Waals surface area contributed by atoms with Crippen molar-refractivity contribution in [3.63, 3.8) is 0 Å². The summed E-state index contributed by atoms with van der Waals surface area (Å²) in [6.45, 7) is 0. The van der Waals surface area contributed by atoms with Gasteiger partial charge in [0.05, 0.1) is 6.21 Å². The van der Waals surface area contributed by atoms with Crippen LogP contribution in [0.15, 0.2) is 15.1 Å². The van der Waals surface area contributed by atoms with Gasteiger partial charge < -0.3 is 0 Å². The molecule has 7 nitrogen and oxygen atoms in total. The van der Waals surface area contributed by atoms with Crippen molar-refractivity contribution in [2.45, 2.75) is 0 Å². The standard InChI is InChI=1S/C3HN5O2S.ClH/c4-8-7-3-5-1-2(6-3)11(9)10;/h1H;1H. The van der Waals surface area contributed by atoms with Gasteiger partial charge in [-0.15, -0.1) is 12.4 Å². The highest BCUT2D eigenvalue weighted by molar-refractivity contribution is 7.74. The zero-order valence-corrected chi connectivity index (χ0v) is 7.08. The predicted molar refractivity (Wildman–Crippen MR) is 46.2 cm³/mol. The molecular formula is C3H2ClN5O2S. The van der Waals surface area contributed by atoms with Crippen molar-refractivity contribution in [3.8, 4) is 0 Å². The SMILES string of the molecule is Cl.[N-]=[N+]=NC1=NC(=S(=O)=O)C=N1. The molecule has 0 aromatic heterocycles. The molecule has 9 heteroatoms. The molecule has 1 heterocycles. The van der Waals surface area contributed by atoms with E-state index in [1.165, 1.54) is 0 Å². The van der Waals surface area contributed by atoms with Crippen LogP contribution in [-0.2, 0) is 10.3 Å². The first-order valence-electron chi connectivity index (χ1n) is 2.38. The van der Waals surface area contributed by atoms with E-state index in [9.17, 15) is 8.42 Å². The zero-order chi connectivity index (χ0) is 8.27. The molecule has 1 aliphatic rings. The maximum absolute atomic E-state index is 10.2. The molecule has 0 aromatic carbocycles. The lowest BCUT2D eigenvalue weighted by atomic mass is 10.8. The number of guanidine groups is 1. The molecule has 0 amide bonds. The molecule has 0 fully saturated rings. The Bertz CT molecular complexity index is 406. The van der Waals surface area contributed by atoms with Crippen LogP contribution in [0.2, 0.25) is 0 Å². The molecule has 0 spiro atoms. The van der Waals surface area contributed by atoms with Gasteiger partial charge in [-0.2, -0.15) is 8.42 Å². The van der Waals surface area contributed by atoms with E-state index >= 15 is 0 Å². The minimum absolute atomic E-state index is 0. The molecule has 64 valence electrons. The third kappa shape index (κ3) is 2.35. The lowest BCUT2D eigenvalue weighted by Gasteiger charge is -1.74. The first kappa shape index (κ1) is 10.6. The van der Waals surface area contributed by atoms with E-state index in [0.717, 1.165) is 6.21 Å². The van der Waals surface area contributed by atoms with Crippen molar-refractivity contribution in [2.24, 2.45) is 15.1 Å². The van der Waals surface area contributed by atoms with Crippen LogP contribution >= 0.6 is 12.4 Å². The molecular weight excluding hydrogens is 206 g/mol. The lowest BCUT2D eigenvalue weighted by Crippen LogP contribution is -1.90. The number of hydrogen-bond donors (Lipinski definition) is 0. The van der Waals surface area contributed by atoms with Gasteiger partial charge in [-0.3, -0.25) is 0 Å². The fourth-order valence-electron chi connectivity index (χ4n) is 0.438. The van der Waals surface area contributed by atoms with E-state index in [2.05, 4.69) is 20.0 Å². The van der Waals surface area contributed by atoms with Gasteiger partial charge in [0, 0.05) is 4.91 Å². The molecule has 0 bridgehead atoms. The van der Waals surface area contributed by atoms with Gasteiger partial charge in [0.25, 0.3) is 0 Å². The summed E-state index contributed by atoms with van der Waals surface area (Å²) in [6, 6.07) is 0. The molecule has 0 N–H and O–H groups in total. The summed E-state index contributed by atoms with van der Waals surface area (Å²) in [4.78, 5) is 8.91.